The monoisotopic (exact) mass is 395 g/mol. The summed E-state index contributed by atoms with van der Waals surface area (Å²) in [4.78, 5) is 32.4. The Labute approximate surface area is 167 Å². The minimum Gasteiger partial charge on any atom is -0.396 e. The lowest BCUT2D eigenvalue weighted by Crippen LogP contribution is -2.21. The summed E-state index contributed by atoms with van der Waals surface area (Å²) in [6.45, 7) is 1.61. The second-order valence-electron chi connectivity index (χ2n) is 6.17. The number of aromatic nitrogens is 2. The topological polar surface area (TPSA) is 95.1 Å². The van der Waals surface area contributed by atoms with Gasteiger partial charge in [0.25, 0.3) is 5.56 Å². The first-order valence-corrected chi connectivity index (χ1v) is 9.74. The number of hydrogen-bond acceptors (Lipinski definition) is 5. The van der Waals surface area contributed by atoms with Gasteiger partial charge in [0.15, 0.2) is 5.16 Å². The first-order valence-electron chi connectivity index (χ1n) is 8.86. The number of aromatic amines is 1. The van der Waals surface area contributed by atoms with Gasteiger partial charge >= 0.3 is 0 Å². The summed E-state index contributed by atoms with van der Waals surface area (Å²) in [5.41, 5.74) is 2.22. The molecule has 1 heterocycles. The van der Waals surface area contributed by atoms with E-state index in [4.69, 9.17) is 5.11 Å². The molecule has 1 atom stereocenters. The lowest BCUT2D eigenvalue weighted by Gasteiger charge is -2.17. The molecule has 28 heavy (non-hydrogen) atoms. The maximum Gasteiger partial charge on any atom is 0.255 e. The van der Waals surface area contributed by atoms with E-state index in [1.165, 1.54) is 11.8 Å². The van der Waals surface area contributed by atoms with Crippen molar-refractivity contribution in [2.75, 3.05) is 11.9 Å². The number of nitrogens with one attached hydrogen (secondary N) is 2. The van der Waals surface area contributed by atoms with E-state index >= 15 is 0 Å². The van der Waals surface area contributed by atoms with Crippen LogP contribution in [-0.4, -0.2) is 27.6 Å². The van der Waals surface area contributed by atoms with Crippen molar-refractivity contribution in [3.8, 4) is 0 Å². The summed E-state index contributed by atoms with van der Waals surface area (Å²) in [5, 5.41) is 11.8. The molecule has 0 aliphatic carbocycles. The van der Waals surface area contributed by atoms with Crippen LogP contribution in [0.2, 0.25) is 0 Å². The number of amides is 1. The predicted molar refractivity (Wildman–Crippen MR) is 110 cm³/mol. The van der Waals surface area contributed by atoms with Crippen molar-refractivity contribution in [2.24, 2.45) is 0 Å². The Balaban J connectivity index is 1.90. The minimum absolute atomic E-state index is 0.121. The Hall–Kier alpha value is -2.90. The Kier molecular flexibility index (Phi) is 6.62. The fraction of sp³-hybridized carbons (Fsp3) is 0.190. The molecule has 1 amide bonds. The van der Waals surface area contributed by atoms with E-state index in [1.54, 1.807) is 6.92 Å². The zero-order valence-electron chi connectivity index (χ0n) is 15.4. The van der Waals surface area contributed by atoms with Crippen LogP contribution in [0.5, 0.6) is 0 Å². The number of nitrogens with zero attached hydrogens (tertiary/aromatic N) is 1. The molecule has 0 fully saturated rings. The molecule has 1 aromatic heterocycles. The van der Waals surface area contributed by atoms with Crippen LogP contribution in [0.3, 0.4) is 0 Å². The number of aliphatic hydroxyl groups excluding tert-OH is 1. The third-order valence-corrected chi connectivity index (χ3v) is 5.31. The number of aliphatic hydroxyl groups is 1. The molecule has 0 saturated carbocycles. The Morgan fingerprint density at radius 2 is 1.79 bits per heavy atom. The second-order valence-corrected chi connectivity index (χ2v) is 7.27. The zero-order chi connectivity index (χ0) is 19.9. The number of thioether (sulfide) groups is 1. The molecular weight excluding hydrogens is 374 g/mol. The smallest absolute Gasteiger partial charge is 0.255 e. The quantitative estimate of drug-likeness (QED) is 0.422. The van der Waals surface area contributed by atoms with E-state index in [0.717, 1.165) is 5.56 Å². The van der Waals surface area contributed by atoms with Crippen LogP contribution >= 0.6 is 11.8 Å². The SMILES string of the molecule is Cc1nc(S[C@H](C(=O)Nc2ccccc2)c2ccccc2)[nH]c(=O)c1CCO. The highest BCUT2D eigenvalue weighted by Gasteiger charge is 2.24. The van der Waals surface area contributed by atoms with Crippen molar-refractivity contribution in [1.82, 2.24) is 9.97 Å². The van der Waals surface area contributed by atoms with Gasteiger partial charge in [-0.05, 0) is 24.6 Å². The van der Waals surface area contributed by atoms with Gasteiger partial charge in [0, 0.05) is 30.0 Å². The van der Waals surface area contributed by atoms with E-state index in [1.807, 2.05) is 60.7 Å². The number of hydrogen-bond donors (Lipinski definition) is 3. The van der Waals surface area contributed by atoms with Crippen LogP contribution in [0.15, 0.2) is 70.6 Å². The lowest BCUT2D eigenvalue weighted by molar-refractivity contribution is -0.115. The largest absolute Gasteiger partial charge is 0.396 e. The van der Waals surface area contributed by atoms with Gasteiger partial charge in [-0.2, -0.15) is 0 Å². The lowest BCUT2D eigenvalue weighted by atomic mass is 10.1. The van der Waals surface area contributed by atoms with Gasteiger partial charge in [-0.1, -0.05) is 60.3 Å². The van der Waals surface area contributed by atoms with Crippen molar-refractivity contribution in [3.05, 3.63) is 87.8 Å². The molecule has 0 bridgehead atoms. The zero-order valence-corrected chi connectivity index (χ0v) is 16.2. The highest BCUT2D eigenvalue weighted by molar-refractivity contribution is 8.00. The molecule has 0 aliphatic rings. The third kappa shape index (κ3) is 4.88. The van der Waals surface area contributed by atoms with Gasteiger partial charge in [0.05, 0.1) is 0 Å². The van der Waals surface area contributed by atoms with Crippen LogP contribution < -0.4 is 10.9 Å². The number of carbonyl (C=O) groups is 1. The van der Waals surface area contributed by atoms with Gasteiger partial charge in [0.2, 0.25) is 5.91 Å². The maximum absolute atomic E-state index is 13.0. The van der Waals surface area contributed by atoms with Crippen molar-refractivity contribution in [3.63, 3.8) is 0 Å². The number of H-pyrrole nitrogens is 1. The molecule has 0 aliphatic heterocycles. The first-order chi connectivity index (χ1) is 13.6. The molecule has 2 aromatic carbocycles. The third-order valence-electron chi connectivity index (χ3n) is 4.17. The normalized spacial score (nSPS) is 11.8. The molecule has 3 N–H and O–H groups in total. The fourth-order valence-corrected chi connectivity index (χ4v) is 3.81. The van der Waals surface area contributed by atoms with Crippen LogP contribution in [0.1, 0.15) is 22.1 Å². The standard InChI is InChI=1S/C21H21N3O3S/c1-14-17(12-13-25)19(26)24-21(22-14)28-18(15-8-4-2-5-9-15)20(27)23-16-10-6-3-7-11-16/h2-11,18,25H,12-13H2,1H3,(H,23,27)(H,22,24,26)/t18-/m0/s1. The number of carbonyl (C=O) groups excluding carboxylic acids is 1. The molecule has 0 saturated heterocycles. The van der Waals surface area contributed by atoms with Gasteiger partial charge in [-0.3, -0.25) is 9.59 Å². The summed E-state index contributed by atoms with van der Waals surface area (Å²) in [6, 6.07) is 18.6. The molecule has 6 nitrogen and oxygen atoms in total. The molecule has 3 aromatic rings. The highest BCUT2D eigenvalue weighted by Crippen LogP contribution is 2.34. The number of rotatable bonds is 7. The molecule has 0 radical (unpaired) electrons. The maximum atomic E-state index is 13.0. The van der Waals surface area contributed by atoms with E-state index in [0.29, 0.717) is 22.1 Å². The fourth-order valence-electron chi connectivity index (χ4n) is 2.79. The summed E-state index contributed by atoms with van der Waals surface area (Å²) < 4.78 is 0. The molecular formula is C21H21N3O3S. The van der Waals surface area contributed by atoms with E-state index in [2.05, 4.69) is 15.3 Å². The number of benzene rings is 2. The van der Waals surface area contributed by atoms with E-state index < -0.39 is 5.25 Å². The average molecular weight is 395 g/mol. The van der Waals surface area contributed by atoms with Gasteiger partial charge in [-0.15, -0.1) is 0 Å². The van der Waals surface area contributed by atoms with Crippen LogP contribution in [0.25, 0.3) is 0 Å². The molecule has 7 heteroatoms. The summed E-state index contributed by atoms with van der Waals surface area (Å²) in [7, 11) is 0. The number of para-hydroxylation sites is 1. The number of anilines is 1. The van der Waals surface area contributed by atoms with Crippen LogP contribution in [0, 0.1) is 6.92 Å². The molecule has 144 valence electrons. The van der Waals surface area contributed by atoms with Gasteiger partial charge in [0.1, 0.15) is 5.25 Å². The summed E-state index contributed by atoms with van der Waals surface area (Å²) >= 11 is 1.18. The Morgan fingerprint density at radius 1 is 1.14 bits per heavy atom. The highest BCUT2D eigenvalue weighted by atomic mass is 32.2. The summed E-state index contributed by atoms with van der Waals surface area (Å²) in [6.07, 6.45) is 0.246. The van der Waals surface area contributed by atoms with Crippen LogP contribution in [0.4, 0.5) is 5.69 Å². The predicted octanol–water partition coefficient (Wildman–Crippen LogP) is 3.09. The average Bonchev–Trinajstić information content (AvgIpc) is 2.70. The van der Waals surface area contributed by atoms with Crippen molar-refractivity contribution in [2.45, 2.75) is 23.8 Å². The Morgan fingerprint density at radius 3 is 2.39 bits per heavy atom. The molecule has 0 spiro atoms. The van der Waals surface area contributed by atoms with Crippen molar-refractivity contribution >= 4 is 23.4 Å². The van der Waals surface area contributed by atoms with Gasteiger partial charge in [-0.25, -0.2) is 4.98 Å². The molecule has 3 rings (SSSR count). The van der Waals surface area contributed by atoms with Crippen molar-refractivity contribution in [1.29, 1.82) is 0 Å². The van der Waals surface area contributed by atoms with Crippen molar-refractivity contribution < 1.29 is 9.90 Å². The van der Waals surface area contributed by atoms with Gasteiger partial charge < -0.3 is 15.4 Å². The van der Waals surface area contributed by atoms with E-state index in [-0.39, 0.29) is 24.5 Å². The molecule has 0 unspecified atom stereocenters. The summed E-state index contributed by atoms with van der Waals surface area (Å²) in [5.74, 6) is -0.206. The minimum atomic E-state index is -0.590. The van der Waals surface area contributed by atoms with E-state index in [9.17, 15) is 9.59 Å². The number of aryl methyl sites for hydroxylation is 1. The Bertz CT molecular complexity index is 991. The van der Waals surface area contributed by atoms with Crippen LogP contribution in [-0.2, 0) is 11.2 Å². The first kappa shape index (κ1) is 19.9. The second kappa shape index (κ2) is 9.34.